The maximum absolute atomic E-state index is 13.5. The molecule has 2 aromatic carbocycles. The first-order chi connectivity index (χ1) is 12.1. The SMILES string of the molecule is COc1ccc2c(c1)OC(C)(C)C[C@@H]2NS(=O)(=O)c1ccc(F)c(C)c1. The van der Waals surface area contributed by atoms with Crippen molar-refractivity contribution < 1.29 is 22.3 Å². The van der Waals surface area contributed by atoms with E-state index < -0.39 is 27.5 Å². The number of aryl methyl sites for hydroxylation is 1. The van der Waals surface area contributed by atoms with Gasteiger partial charge in [0.05, 0.1) is 18.0 Å². The average Bonchev–Trinajstić information content (AvgIpc) is 2.55. The largest absolute Gasteiger partial charge is 0.497 e. The Hall–Kier alpha value is -2.12. The zero-order valence-electron chi connectivity index (χ0n) is 15.2. The molecule has 0 spiro atoms. The van der Waals surface area contributed by atoms with E-state index in [1.54, 1.807) is 25.3 Å². The highest BCUT2D eigenvalue weighted by Gasteiger charge is 2.36. The van der Waals surface area contributed by atoms with Crippen LogP contribution in [0.25, 0.3) is 0 Å². The molecule has 1 aliphatic heterocycles. The Balaban J connectivity index is 1.97. The minimum atomic E-state index is -3.81. The van der Waals surface area contributed by atoms with Crippen molar-refractivity contribution in [2.45, 2.75) is 43.7 Å². The van der Waals surface area contributed by atoms with E-state index in [9.17, 15) is 12.8 Å². The summed E-state index contributed by atoms with van der Waals surface area (Å²) in [6, 6.07) is 8.61. The van der Waals surface area contributed by atoms with Crippen molar-refractivity contribution in [3.63, 3.8) is 0 Å². The van der Waals surface area contributed by atoms with Crippen LogP contribution in [0.4, 0.5) is 4.39 Å². The van der Waals surface area contributed by atoms with Crippen molar-refractivity contribution in [1.29, 1.82) is 0 Å². The predicted octanol–water partition coefficient (Wildman–Crippen LogP) is 3.72. The molecule has 0 amide bonds. The van der Waals surface area contributed by atoms with Crippen molar-refractivity contribution >= 4 is 10.0 Å². The summed E-state index contributed by atoms with van der Waals surface area (Å²) in [6.45, 7) is 5.34. The molecule has 0 unspecified atom stereocenters. The van der Waals surface area contributed by atoms with Crippen LogP contribution in [-0.4, -0.2) is 21.1 Å². The Labute approximate surface area is 153 Å². The predicted molar refractivity (Wildman–Crippen MR) is 96.5 cm³/mol. The monoisotopic (exact) mass is 379 g/mol. The number of methoxy groups -OCH3 is 1. The molecule has 1 heterocycles. The normalized spacial score (nSPS) is 18.7. The van der Waals surface area contributed by atoms with Crippen LogP contribution in [0.5, 0.6) is 11.5 Å². The summed E-state index contributed by atoms with van der Waals surface area (Å²) in [5.41, 5.74) is 0.475. The third-order valence-corrected chi connectivity index (χ3v) is 5.88. The van der Waals surface area contributed by atoms with Gasteiger partial charge in [-0.3, -0.25) is 0 Å². The second-order valence-corrected chi connectivity index (χ2v) is 8.77. The number of nitrogens with one attached hydrogen (secondary N) is 1. The van der Waals surface area contributed by atoms with Crippen LogP contribution < -0.4 is 14.2 Å². The Morgan fingerprint density at radius 2 is 1.96 bits per heavy atom. The molecule has 0 saturated carbocycles. The van der Waals surface area contributed by atoms with Crippen molar-refractivity contribution in [2.24, 2.45) is 0 Å². The van der Waals surface area contributed by atoms with Gasteiger partial charge in [0.2, 0.25) is 10.0 Å². The van der Waals surface area contributed by atoms with Gasteiger partial charge in [-0.05, 0) is 50.6 Å². The molecule has 0 saturated heterocycles. The van der Waals surface area contributed by atoms with E-state index in [0.29, 0.717) is 17.9 Å². The Bertz CT molecular complexity index is 941. The summed E-state index contributed by atoms with van der Waals surface area (Å²) in [5, 5.41) is 0. The van der Waals surface area contributed by atoms with Gasteiger partial charge in [0.25, 0.3) is 0 Å². The Morgan fingerprint density at radius 3 is 2.62 bits per heavy atom. The second kappa shape index (κ2) is 6.55. The molecule has 3 rings (SSSR count). The van der Waals surface area contributed by atoms with E-state index in [4.69, 9.17) is 9.47 Å². The summed E-state index contributed by atoms with van der Waals surface area (Å²) in [7, 11) is -2.25. The molecule has 0 fully saturated rings. The van der Waals surface area contributed by atoms with Gasteiger partial charge < -0.3 is 9.47 Å². The molecule has 0 radical (unpaired) electrons. The van der Waals surface area contributed by atoms with Crippen molar-refractivity contribution in [2.75, 3.05) is 7.11 Å². The Kier molecular flexibility index (Phi) is 4.71. The van der Waals surface area contributed by atoms with Crippen LogP contribution in [0, 0.1) is 12.7 Å². The fourth-order valence-electron chi connectivity index (χ4n) is 3.10. The third-order valence-electron chi connectivity index (χ3n) is 4.42. The first-order valence-corrected chi connectivity index (χ1v) is 9.75. The Morgan fingerprint density at radius 1 is 1.23 bits per heavy atom. The number of hydrogen-bond acceptors (Lipinski definition) is 4. The van der Waals surface area contributed by atoms with Crippen molar-refractivity contribution in [3.8, 4) is 11.5 Å². The lowest BCUT2D eigenvalue weighted by molar-refractivity contribution is 0.0699. The third kappa shape index (κ3) is 3.68. The number of halogens is 1. The van der Waals surface area contributed by atoms with Gasteiger partial charge >= 0.3 is 0 Å². The molecule has 1 N–H and O–H groups in total. The topological polar surface area (TPSA) is 64.6 Å². The lowest BCUT2D eigenvalue weighted by atomic mass is 9.90. The molecular formula is C19H22FNO4S. The summed E-state index contributed by atoms with van der Waals surface area (Å²) < 4.78 is 53.0. The highest BCUT2D eigenvalue weighted by atomic mass is 32.2. The summed E-state index contributed by atoms with van der Waals surface area (Å²) in [4.78, 5) is 0.0377. The van der Waals surface area contributed by atoms with Crippen molar-refractivity contribution in [1.82, 2.24) is 4.72 Å². The molecule has 1 aliphatic rings. The van der Waals surface area contributed by atoms with Gasteiger partial charge in [0, 0.05) is 18.1 Å². The zero-order chi connectivity index (χ0) is 19.1. The maximum atomic E-state index is 13.5. The van der Waals surface area contributed by atoms with Gasteiger partial charge in [0.15, 0.2) is 0 Å². The zero-order valence-corrected chi connectivity index (χ0v) is 16.0. The highest BCUT2D eigenvalue weighted by Crippen LogP contribution is 2.41. The standard InChI is InChI=1S/C19H22FNO4S/c1-12-9-14(6-8-16(12)20)26(22,23)21-17-11-19(2,3)25-18-10-13(24-4)5-7-15(17)18/h5-10,17,21H,11H2,1-4H3/t17-/m0/s1. The van der Waals surface area contributed by atoms with Gasteiger partial charge in [-0.15, -0.1) is 0 Å². The minimum Gasteiger partial charge on any atom is -0.497 e. The van der Waals surface area contributed by atoms with Crippen LogP contribution in [0.1, 0.15) is 37.4 Å². The fourth-order valence-corrected chi connectivity index (χ4v) is 4.40. The quantitative estimate of drug-likeness (QED) is 0.879. The van der Waals surface area contributed by atoms with Crippen LogP contribution in [0.3, 0.4) is 0 Å². The van der Waals surface area contributed by atoms with Crippen molar-refractivity contribution in [3.05, 3.63) is 53.3 Å². The molecule has 26 heavy (non-hydrogen) atoms. The van der Waals surface area contributed by atoms with Crippen LogP contribution in [-0.2, 0) is 10.0 Å². The van der Waals surface area contributed by atoms with E-state index >= 15 is 0 Å². The van der Waals surface area contributed by atoms with Gasteiger partial charge in [0.1, 0.15) is 22.9 Å². The lowest BCUT2D eigenvalue weighted by Gasteiger charge is -2.37. The molecule has 1 atom stereocenters. The maximum Gasteiger partial charge on any atom is 0.241 e. The van der Waals surface area contributed by atoms with E-state index in [2.05, 4.69) is 4.72 Å². The molecule has 0 bridgehead atoms. The molecule has 0 aromatic heterocycles. The van der Waals surface area contributed by atoms with E-state index in [0.717, 1.165) is 11.6 Å². The molecule has 2 aromatic rings. The number of ether oxygens (including phenoxy) is 2. The fraction of sp³-hybridized carbons (Fsp3) is 0.368. The van der Waals surface area contributed by atoms with Gasteiger partial charge in [-0.25, -0.2) is 17.5 Å². The highest BCUT2D eigenvalue weighted by molar-refractivity contribution is 7.89. The average molecular weight is 379 g/mol. The number of fused-ring (bicyclic) bond motifs is 1. The second-order valence-electron chi connectivity index (χ2n) is 7.05. The number of benzene rings is 2. The lowest BCUT2D eigenvalue weighted by Crippen LogP contribution is -2.41. The molecular weight excluding hydrogens is 357 g/mol. The molecule has 5 nitrogen and oxygen atoms in total. The van der Waals surface area contributed by atoms with Crippen LogP contribution in [0.15, 0.2) is 41.3 Å². The summed E-state index contributed by atoms with van der Waals surface area (Å²) in [5.74, 6) is 0.786. The van der Waals surface area contributed by atoms with Gasteiger partial charge in [-0.2, -0.15) is 0 Å². The number of hydrogen-bond donors (Lipinski definition) is 1. The molecule has 140 valence electrons. The number of rotatable bonds is 4. The van der Waals surface area contributed by atoms with Crippen LogP contribution in [0.2, 0.25) is 0 Å². The number of sulfonamides is 1. The molecule has 0 aliphatic carbocycles. The summed E-state index contributed by atoms with van der Waals surface area (Å²) in [6.07, 6.45) is 0.464. The minimum absolute atomic E-state index is 0.0377. The summed E-state index contributed by atoms with van der Waals surface area (Å²) >= 11 is 0. The smallest absolute Gasteiger partial charge is 0.241 e. The van der Waals surface area contributed by atoms with E-state index in [1.807, 2.05) is 13.8 Å². The first kappa shape index (κ1) is 18.7. The van der Waals surface area contributed by atoms with Gasteiger partial charge in [-0.1, -0.05) is 6.07 Å². The van der Waals surface area contributed by atoms with E-state index in [-0.39, 0.29) is 10.5 Å². The first-order valence-electron chi connectivity index (χ1n) is 8.27. The van der Waals surface area contributed by atoms with Crippen LogP contribution >= 0.6 is 0 Å². The molecule has 7 heteroatoms. The van der Waals surface area contributed by atoms with E-state index in [1.165, 1.54) is 19.1 Å².